The largest absolute Gasteiger partial charge is 0.393 e. The van der Waals surface area contributed by atoms with Gasteiger partial charge in [0.2, 0.25) is 5.91 Å². The minimum atomic E-state index is -0.213. The van der Waals surface area contributed by atoms with Crippen LogP contribution < -0.4 is 5.32 Å². The van der Waals surface area contributed by atoms with E-state index in [1.54, 1.807) is 17.8 Å². The summed E-state index contributed by atoms with van der Waals surface area (Å²) in [7, 11) is 0. The van der Waals surface area contributed by atoms with E-state index in [0.29, 0.717) is 0 Å². The topological polar surface area (TPSA) is 49.3 Å². The normalized spacial score (nSPS) is 20.2. The Morgan fingerprint density at radius 1 is 1.08 bits per heavy atom. The Labute approximate surface area is 163 Å². The van der Waals surface area contributed by atoms with Crippen LogP contribution in [0.25, 0.3) is 6.08 Å². The zero-order valence-corrected chi connectivity index (χ0v) is 16.0. The molecule has 3 rings (SSSR count). The summed E-state index contributed by atoms with van der Waals surface area (Å²) in [6.07, 6.45) is 6.42. The fourth-order valence-electron chi connectivity index (χ4n) is 2.98. The van der Waals surface area contributed by atoms with Crippen molar-refractivity contribution in [2.24, 2.45) is 0 Å². The molecule has 1 fully saturated rings. The summed E-state index contributed by atoms with van der Waals surface area (Å²) < 4.78 is 0. The predicted molar refractivity (Wildman–Crippen MR) is 107 cm³/mol. The van der Waals surface area contributed by atoms with Gasteiger partial charge in [-0.15, -0.1) is 0 Å². The first kappa shape index (κ1) is 19.0. The van der Waals surface area contributed by atoms with E-state index in [1.807, 2.05) is 54.6 Å². The van der Waals surface area contributed by atoms with Crippen molar-refractivity contribution >= 4 is 35.3 Å². The number of benzene rings is 2. The van der Waals surface area contributed by atoms with E-state index in [2.05, 4.69) is 5.32 Å². The minimum absolute atomic E-state index is 0.0855. The number of nitrogens with one attached hydrogen (secondary N) is 1. The van der Waals surface area contributed by atoms with Crippen LogP contribution in [0.2, 0.25) is 5.02 Å². The molecule has 1 saturated carbocycles. The minimum Gasteiger partial charge on any atom is -0.393 e. The molecule has 2 aromatic carbocycles. The van der Waals surface area contributed by atoms with Crippen molar-refractivity contribution in [2.45, 2.75) is 47.6 Å². The summed E-state index contributed by atoms with van der Waals surface area (Å²) in [4.78, 5) is 14.4. The van der Waals surface area contributed by atoms with Gasteiger partial charge in [0.15, 0.2) is 0 Å². The number of amides is 1. The molecule has 0 saturated heterocycles. The van der Waals surface area contributed by atoms with E-state index in [4.69, 9.17) is 11.6 Å². The lowest BCUT2D eigenvalue weighted by Gasteiger charge is -2.25. The number of hydrogen-bond donors (Lipinski definition) is 2. The van der Waals surface area contributed by atoms with Crippen molar-refractivity contribution in [2.75, 3.05) is 0 Å². The number of carbonyl (C=O) groups is 1. The summed E-state index contributed by atoms with van der Waals surface area (Å²) in [6.45, 7) is 0. The van der Waals surface area contributed by atoms with Gasteiger partial charge in [0, 0.05) is 26.9 Å². The standard InChI is InChI=1S/C21H22ClNO2S/c22-16-6-12-19(13-7-16)26-20-4-2-1-3-15(20)5-14-21(25)23-17-8-10-18(24)11-9-17/h1-7,12-14,17-18,24H,8-11H2,(H,23,25). The van der Waals surface area contributed by atoms with Crippen LogP contribution in [0.3, 0.4) is 0 Å². The van der Waals surface area contributed by atoms with Gasteiger partial charge in [-0.1, -0.05) is 41.6 Å². The third-order valence-electron chi connectivity index (χ3n) is 4.42. The Hall–Kier alpha value is -1.75. The summed E-state index contributed by atoms with van der Waals surface area (Å²) in [5, 5.41) is 13.3. The molecule has 2 aromatic rings. The van der Waals surface area contributed by atoms with E-state index in [1.165, 1.54) is 0 Å². The summed E-state index contributed by atoms with van der Waals surface area (Å²) in [6, 6.07) is 15.9. The molecule has 0 bridgehead atoms. The molecule has 0 aliphatic heterocycles. The first-order valence-electron chi connectivity index (χ1n) is 8.79. The Kier molecular flexibility index (Phi) is 6.78. The lowest BCUT2D eigenvalue weighted by atomic mass is 9.93. The molecule has 0 radical (unpaired) electrons. The van der Waals surface area contributed by atoms with Gasteiger partial charge in [-0.2, -0.15) is 0 Å². The van der Waals surface area contributed by atoms with Gasteiger partial charge in [0.25, 0.3) is 0 Å². The van der Waals surface area contributed by atoms with Crippen molar-refractivity contribution in [3.8, 4) is 0 Å². The molecule has 0 aromatic heterocycles. The molecule has 1 aliphatic carbocycles. The average molecular weight is 388 g/mol. The van der Waals surface area contributed by atoms with Crippen LogP contribution in [-0.2, 0) is 4.79 Å². The summed E-state index contributed by atoms with van der Waals surface area (Å²) in [5.74, 6) is -0.0855. The fraction of sp³-hybridized carbons (Fsp3) is 0.286. The molecule has 0 atom stereocenters. The van der Waals surface area contributed by atoms with Crippen LogP contribution >= 0.6 is 23.4 Å². The average Bonchev–Trinajstić information content (AvgIpc) is 2.65. The maximum atomic E-state index is 12.2. The van der Waals surface area contributed by atoms with Crippen molar-refractivity contribution in [3.63, 3.8) is 0 Å². The number of halogens is 1. The lowest BCUT2D eigenvalue weighted by Crippen LogP contribution is -2.37. The first-order chi connectivity index (χ1) is 12.6. The van der Waals surface area contributed by atoms with E-state index >= 15 is 0 Å². The quantitative estimate of drug-likeness (QED) is 0.715. The molecule has 0 unspecified atom stereocenters. The Bertz CT molecular complexity index is 768. The highest BCUT2D eigenvalue weighted by molar-refractivity contribution is 7.99. The lowest BCUT2D eigenvalue weighted by molar-refractivity contribution is -0.117. The van der Waals surface area contributed by atoms with Crippen LogP contribution in [-0.4, -0.2) is 23.2 Å². The van der Waals surface area contributed by atoms with Crippen LogP contribution in [0.4, 0.5) is 0 Å². The smallest absolute Gasteiger partial charge is 0.244 e. The molecule has 2 N–H and O–H groups in total. The highest BCUT2D eigenvalue weighted by Gasteiger charge is 2.19. The number of aliphatic hydroxyl groups excluding tert-OH is 1. The Morgan fingerprint density at radius 3 is 2.50 bits per heavy atom. The Morgan fingerprint density at radius 2 is 1.77 bits per heavy atom. The third-order valence-corrected chi connectivity index (χ3v) is 5.77. The van der Waals surface area contributed by atoms with Crippen LogP contribution in [0.1, 0.15) is 31.2 Å². The number of hydrogen-bond acceptors (Lipinski definition) is 3. The highest BCUT2D eigenvalue weighted by Crippen LogP contribution is 2.31. The van der Waals surface area contributed by atoms with Gasteiger partial charge in [-0.3, -0.25) is 4.79 Å². The second-order valence-corrected chi connectivity index (χ2v) is 7.99. The van der Waals surface area contributed by atoms with Gasteiger partial charge < -0.3 is 10.4 Å². The second kappa shape index (κ2) is 9.26. The predicted octanol–water partition coefficient (Wildman–Crippen LogP) is 4.92. The molecule has 3 nitrogen and oxygen atoms in total. The fourth-order valence-corrected chi connectivity index (χ4v) is 4.03. The summed E-state index contributed by atoms with van der Waals surface area (Å²) in [5.41, 5.74) is 1.00. The third kappa shape index (κ3) is 5.63. The monoisotopic (exact) mass is 387 g/mol. The molecule has 0 spiro atoms. The van der Waals surface area contributed by atoms with Crippen LogP contribution in [0.5, 0.6) is 0 Å². The van der Waals surface area contributed by atoms with Crippen molar-refractivity contribution in [1.29, 1.82) is 0 Å². The number of aliphatic hydroxyl groups is 1. The molecular weight excluding hydrogens is 366 g/mol. The molecule has 136 valence electrons. The second-order valence-electron chi connectivity index (χ2n) is 6.44. The number of carbonyl (C=O) groups excluding carboxylic acids is 1. The summed E-state index contributed by atoms with van der Waals surface area (Å²) >= 11 is 7.58. The first-order valence-corrected chi connectivity index (χ1v) is 9.99. The van der Waals surface area contributed by atoms with E-state index < -0.39 is 0 Å². The van der Waals surface area contributed by atoms with E-state index in [0.717, 1.165) is 46.1 Å². The van der Waals surface area contributed by atoms with Gasteiger partial charge in [0.05, 0.1) is 6.10 Å². The van der Waals surface area contributed by atoms with Gasteiger partial charge in [-0.25, -0.2) is 0 Å². The van der Waals surface area contributed by atoms with Gasteiger partial charge in [0.1, 0.15) is 0 Å². The molecular formula is C21H22ClNO2S. The molecule has 26 heavy (non-hydrogen) atoms. The van der Waals surface area contributed by atoms with Crippen molar-refractivity contribution < 1.29 is 9.90 Å². The highest BCUT2D eigenvalue weighted by atomic mass is 35.5. The van der Waals surface area contributed by atoms with Crippen molar-refractivity contribution in [1.82, 2.24) is 5.32 Å². The van der Waals surface area contributed by atoms with E-state index in [-0.39, 0.29) is 18.1 Å². The zero-order valence-electron chi connectivity index (χ0n) is 14.4. The number of rotatable bonds is 5. The molecule has 1 amide bonds. The maximum absolute atomic E-state index is 12.2. The van der Waals surface area contributed by atoms with Crippen LogP contribution in [0, 0.1) is 0 Å². The van der Waals surface area contributed by atoms with Gasteiger partial charge in [-0.05, 0) is 67.7 Å². The van der Waals surface area contributed by atoms with Gasteiger partial charge >= 0.3 is 0 Å². The Balaban J connectivity index is 1.62. The van der Waals surface area contributed by atoms with Crippen molar-refractivity contribution in [3.05, 3.63) is 65.2 Å². The molecule has 5 heteroatoms. The molecule has 1 aliphatic rings. The SMILES string of the molecule is O=C(C=Cc1ccccc1Sc1ccc(Cl)cc1)NC1CCC(O)CC1. The van der Waals surface area contributed by atoms with E-state index in [9.17, 15) is 9.90 Å². The maximum Gasteiger partial charge on any atom is 0.244 e. The molecule has 0 heterocycles. The van der Waals surface area contributed by atoms with Crippen LogP contribution in [0.15, 0.2) is 64.4 Å². The zero-order chi connectivity index (χ0) is 18.4.